The van der Waals surface area contributed by atoms with E-state index in [1.54, 1.807) is 19.2 Å². The molecule has 0 aliphatic rings. The second-order valence-electron chi connectivity index (χ2n) is 5.44. The lowest BCUT2D eigenvalue weighted by Crippen LogP contribution is -2.20. The molecule has 0 radical (unpaired) electrons. The SMILES string of the molecule is C[C@@H](C#N)CSc1nc2scc(-c3ccc(F)cc3)c2c(=O)n1C. The molecule has 4 nitrogen and oxygen atoms in total. The molecular weight excluding hydrogens is 345 g/mol. The van der Waals surface area contributed by atoms with E-state index >= 15 is 0 Å². The fourth-order valence-electron chi connectivity index (χ4n) is 2.26. The molecule has 0 aliphatic carbocycles. The molecule has 1 aromatic carbocycles. The maximum absolute atomic E-state index is 13.1. The van der Waals surface area contributed by atoms with E-state index in [0.717, 1.165) is 11.1 Å². The van der Waals surface area contributed by atoms with Crippen molar-refractivity contribution in [2.75, 3.05) is 5.75 Å². The predicted molar refractivity (Wildman–Crippen MR) is 95.8 cm³/mol. The number of nitrogens with zero attached hydrogens (tertiary/aromatic N) is 3. The number of hydrogen-bond donors (Lipinski definition) is 0. The Balaban J connectivity index is 2.08. The lowest BCUT2D eigenvalue weighted by molar-refractivity contribution is 0.628. The molecule has 122 valence electrons. The number of halogens is 1. The molecule has 0 amide bonds. The Morgan fingerprint density at radius 3 is 2.79 bits per heavy atom. The molecule has 0 N–H and O–H groups in total. The van der Waals surface area contributed by atoms with Gasteiger partial charge in [-0.15, -0.1) is 11.3 Å². The van der Waals surface area contributed by atoms with Crippen LogP contribution in [0.25, 0.3) is 21.3 Å². The van der Waals surface area contributed by atoms with Gasteiger partial charge in [0.2, 0.25) is 0 Å². The van der Waals surface area contributed by atoms with E-state index in [-0.39, 0.29) is 17.3 Å². The third-order valence-corrected chi connectivity index (χ3v) is 5.77. The van der Waals surface area contributed by atoms with Crippen LogP contribution in [0.3, 0.4) is 0 Å². The normalized spacial score (nSPS) is 12.2. The highest BCUT2D eigenvalue weighted by molar-refractivity contribution is 7.99. The summed E-state index contributed by atoms with van der Waals surface area (Å²) in [4.78, 5) is 18.0. The first-order chi connectivity index (χ1) is 11.5. The standard InChI is InChI=1S/C17H14FN3OS2/c1-10(7-19)8-24-17-20-15-14(16(22)21(17)2)13(9-23-15)11-3-5-12(18)6-4-11/h3-6,9-10H,8H2,1-2H3/t10-/m0/s1. The summed E-state index contributed by atoms with van der Waals surface area (Å²) in [6, 6.07) is 8.25. The second-order valence-corrected chi connectivity index (χ2v) is 7.28. The van der Waals surface area contributed by atoms with Crippen LogP contribution in [0.1, 0.15) is 6.92 Å². The summed E-state index contributed by atoms with van der Waals surface area (Å²) in [6.07, 6.45) is 0. The first-order valence-corrected chi connectivity index (χ1v) is 9.14. The topological polar surface area (TPSA) is 58.7 Å². The van der Waals surface area contributed by atoms with E-state index in [9.17, 15) is 9.18 Å². The summed E-state index contributed by atoms with van der Waals surface area (Å²) in [6.45, 7) is 1.83. The maximum atomic E-state index is 13.1. The number of benzene rings is 1. The Bertz CT molecular complexity index is 986. The summed E-state index contributed by atoms with van der Waals surface area (Å²) < 4.78 is 14.6. The van der Waals surface area contributed by atoms with Crippen LogP contribution in [0.4, 0.5) is 4.39 Å². The second kappa shape index (κ2) is 6.75. The van der Waals surface area contributed by atoms with Crippen LogP contribution in [-0.2, 0) is 7.05 Å². The number of hydrogen-bond acceptors (Lipinski definition) is 5. The van der Waals surface area contributed by atoms with Crippen LogP contribution in [0.2, 0.25) is 0 Å². The van der Waals surface area contributed by atoms with Crippen molar-refractivity contribution in [2.24, 2.45) is 13.0 Å². The van der Waals surface area contributed by atoms with Crippen molar-refractivity contribution in [3.8, 4) is 17.2 Å². The summed E-state index contributed by atoms with van der Waals surface area (Å²) in [7, 11) is 1.68. The Hall–Kier alpha value is -2.17. The van der Waals surface area contributed by atoms with Crippen LogP contribution in [0, 0.1) is 23.1 Å². The summed E-state index contributed by atoms with van der Waals surface area (Å²) in [5.74, 6) is 0.161. The van der Waals surface area contributed by atoms with Crippen LogP contribution in [0.15, 0.2) is 39.6 Å². The minimum atomic E-state index is -0.311. The van der Waals surface area contributed by atoms with Crippen molar-refractivity contribution in [1.29, 1.82) is 5.26 Å². The highest BCUT2D eigenvalue weighted by Gasteiger charge is 2.16. The molecule has 0 aliphatic heterocycles. The van der Waals surface area contributed by atoms with Crippen molar-refractivity contribution in [3.05, 3.63) is 45.8 Å². The number of nitriles is 1. The predicted octanol–water partition coefficient (Wildman–Crippen LogP) is 4.05. The smallest absolute Gasteiger partial charge is 0.263 e. The Morgan fingerprint density at radius 1 is 1.42 bits per heavy atom. The Labute approximate surface area is 146 Å². The van der Waals surface area contributed by atoms with E-state index in [0.29, 0.717) is 21.1 Å². The zero-order chi connectivity index (χ0) is 17.3. The molecule has 1 atom stereocenters. The van der Waals surface area contributed by atoms with Gasteiger partial charge in [0.1, 0.15) is 10.6 Å². The molecule has 0 saturated heterocycles. The fourth-order valence-corrected chi connectivity index (χ4v) is 4.16. The first kappa shape index (κ1) is 16.7. The van der Waals surface area contributed by atoms with Gasteiger partial charge in [-0.1, -0.05) is 23.9 Å². The van der Waals surface area contributed by atoms with E-state index in [1.165, 1.54) is 39.8 Å². The van der Waals surface area contributed by atoms with Crippen LogP contribution in [0.5, 0.6) is 0 Å². The maximum Gasteiger partial charge on any atom is 0.263 e. The highest BCUT2D eigenvalue weighted by atomic mass is 32.2. The molecular formula is C17H14FN3OS2. The number of fused-ring (bicyclic) bond motifs is 1. The largest absolute Gasteiger partial charge is 0.290 e. The zero-order valence-electron chi connectivity index (χ0n) is 13.1. The average Bonchev–Trinajstić information content (AvgIpc) is 3.01. The van der Waals surface area contributed by atoms with Crippen molar-refractivity contribution in [3.63, 3.8) is 0 Å². The third-order valence-electron chi connectivity index (χ3n) is 3.61. The summed E-state index contributed by atoms with van der Waals surface area (Å²) in [5, 5.41) is 11.9. The van der Waals surface area contributed by atoms with Gasteiger partial charge in [0.05, 0.1) is 17.4 Å². The van der Waals surface area contributed by atoms with E-state index < -0.39 is 0 Å². The fraction of sp³-hybridized carbons (Fsp3) is 0.235. The number of thioether (sulfide) groups is 1. The van der Waals surface area contributed by atoms with Gasteiger partial charge in [-0.2, -0.15) is 5.26 Å². The van der Waals surface area contributed by atoms with Crippen molar-refractivity contribution < 1.29 is 4.39 Å². The minimum Gasteiger partial charge on any atom is -0.290 e. The van der Waals surface area contributed by atoms with Gasteiger partial charge in [0.25, 0.3) is 5.56 Å². The molecule has 0 fully saturated rings. The molecule has 0 saturated carbocycles. The number of thiophene rings is 1. The minimum absolute atomic E-state index is 0.110. The van der Waals surface area contributed by atoms with Gasteiger partial charge in [-0.05, 0) is 24.6 Å². The van der Waals surface area contributed by atoms with Gasteiger partial charge in [-0.3, -0.25) is 9.36 Å². The lowest BCUT2D eigenvalue weighted by atomic mass is 10.1. The van der Waals surface area contributed by atoms with E-state index in [1.807, 2.05) is 12.3 Å². The van der Waals surface area contributed by atoms with E-state index in [4.69, 9.17) is 5.26 Å². The van der Waals surface area contributed by atoms with E-state index in [2.05, 4.69) is 11.1 Å². The highest BCUT2D eigenvalue weighted by Crippen LogP contribution is 2.32. The van der Waals surface area contributed by atoms with Gasteiger partial charge in [0, 0.05) is 23.7 Å². The van der Waals surface area contributed by atoms with Gasteiger partial charge in [-0.25, -0.2) is 9.37 Å². The number of aromatic nitrogens is 2. The molecule has 0 spiro atoms. The monoisotopic (exact) mass is 359 g/mol. The first-order valence-electron chi connectivity index (χ1n) is 7.28. The van der Waals surface area contributed by atoms with Crippen LogP contribution in [-0.4, -0.2) is 15.3 Å². The van der Waals surface area contributed by atoms with Crippen LogP contribution < -0.4 is 5.56 Å². The molecule has 0 unspecified atom stereocenters. The zero-order valence-corrected chi connectivity index (χ0v) is 14.7. The average molecular weight is 359 g/mol. The molecule has 2 aromatic heterocycles. The quantitative estimate of drug-likeness (QED) is 0.521. The molecule has 3 aromatic rings. The van der Waals surface area contributed by atoms with Crippen LogP contribution >= 0.6 is 23.1 Å². The number of rotatable bonds is 4. The molecule has 0 bridgehead atoms. The van der Waals surface area contributed by atoms with Crippen molar-refractivity contribution in [1.82, 2.24) is 9.55 Å². The van der Waals surface area contributed by atoms with Gasteiger partial charge in [0.15, 0.2) is 5.16 Å². The summed E-state index contributed by atoms with van der Waals surface area (Å²) in [5.41, 5.74) is 1.43. The molecule has 2 heterocycles. The van der Waals surface area contributed by atoms with Crippen molar-refractivity contribution in [2.45, 2.75) is 12.1 Å². The Morgan fingerprint density at radius 2 is 2.12 bits per heavy atom. The summed E-state index contributed by atoms with van der Waals surface area (Å²) >= 11 is 2.80. The molecule has 7 heteroatoms. The van der Waals surface area contributed by atoms with Crippen molar-refractivity contribution >= 4 is 33.3 Å². The van der Waals surface area contributed by atoms with Gasteiger partial charge < -0.3 is 0 Å². The third kappa shape index (κ3) is 3.07. The lowest BCUT2D eigenvalue weighted by Gasteiger charge is -2.08. The molecule has 3 rings (SSSR count). The van der Waals surface area contributed by atoms with Gasteiger partial charge >= 0.3 is 0 Å². The Kier molecular flexibility index (Phi) is 4.69. The molecule has 24 heavy (non-hydrogen) atoms.